The summed E-state index contributed by atoms with van der Waals surface area (Å²) in [7, 11) is -3.22. The van der Waals surface area contributed by atoms with Gasteiger partial charge in [-0.15, -0.1) is 0 Å². The highest BCUT2D eigenvalue weighted by Gasteiger charge is 2.42. The molecule has 1 saturated carbocycles. The first-order valence-corrected chi connectivity index (χ1v) is 10.5. The van der Waals surface area contributed by atoms with E-state index in [4.69, 9.17) is 0 Å². The van der Waals surface area contributed by atoms with Gasteiger partial charge >= 0.3 is 0 Å². The number of allylic oxidation sites excluding steroid dienone is 2. The average molecular weight is 345 g/mol. The van der Waals surface area contributed by atoms with Crippen LogP contribution in [0.4, 0.5) is 0 Å². The van der Waals surface area contributed by atoms with Crippen LogP contribution in [-0.2, 0) is 14.6 Å². The van der Waals surface area contributed by atoms with Crippen molar-refractivity contribution in [3.8, 4) is 0 Å². The third kappa shape index (κ3) is 2.79. The molecule has 2 aliphatic carbocycles. The molecule has 128 valence electrons. The number of hydrogen-bond donors (Lipinski definition) is 0. The lowest BCUT2D eigenvalue weighted by molar-refractivity contribution is -0.136. The van der Waals surface area contributed by atoms with Crippen molar-refractivity contribution in [1.82, 2.24) is 4.90 Å². The second-order valence-corrected chi connectivity index (χ2v) is 9.57. The van der Waals surface area contributed by atoms with Crippen molar-refractivity contribution < 1.29 is 13.2 Å². The number of benzene rings is 1. The molecule has 0 N–H and O–H groups in total. The number of carbonyl (C=O) groups excluding carboxylic acids is 1. The fourth-order valence-corrected chi connectivity index (χ4v) is 6.30. The molecule has 2 bridgehead atoms. The molecule has 1 aliphatic heterocycles. The van der Waals surface area contributed by atoms with Crippen LogP contribution < -0.4 is 0 Å². The number of nitrogens with zero attached hydrogens (tertiary/aromatic N) is 1. The van der Waals surface area contributed by atoms with Gasteiger partial charge in [-0.3, -0.25) is 4.79 Å². The number of sulfone groups is 1. The summed E-state index contributed by atoms with van der Waals surface area (Å²) in [5.41, 5.74) is 0.842. The maximum absolute atomic E-state index is 12.9. The van der Waals surface area contributed by atoms with Gasteiger partial charge in [0, 0.05) is 19.0 Å². The highest BCUT2D eigenvalue weighted by atomic mass is 32.2. The van der Waals surface area contributed by atoms with Crippen molar-refractivity contribution >= 4 is 15.7 Å². The first-order valence-electron chi connectivity index (χ1n) is 8.78. The van der Waals surface area contributed by atoms with E-state index in [2.05, 4.69) is 12.2 Å². The minimum atomic E-state index is -3.22. The smallest absolute Gasteiger partial charge is 0.226 e. The topological polar surface area (TPSA) is 54.5 Å². The normalized spacial score (nSPS) is 34.2. The molecule has 4 rings (SSSR count). The third-order valence-electron chi connectivity index (χ3n) is 5.82. The third-order valence-corrected chi connectivity index (χ3v) is 7.95. The van der Waals surface area contributed by atoms with Gasteiger partial charge in [0.05, 0.1) is 11.0 Å². The van der Waals surface area contributed by atoms with E-state index >= 15 is 0 Å². The van der Waals surface area contributed by atoms with Gasteiger partial charge in [0.25, 0.3) is 0 Å². The maximum atomic E-state index is 12.9. The van der Waals surface area contributed by atoms with Crippen molar-refractivity contribution in [2.75, 3.05) is 18.8 Å². The molecule has 1 saturated heterocycles. The second kappa shape index (κ2) is 6.03. The first-order chi connectivity index (χ1) is 11.5. The molecule has 0 unspecified atom stereocenters. The predicted molar refractivity (Wildman–Crippen MR) is 93.0 cm³/mol. The van der Waals surface area contributed by atoms with Crippen molar-refractivity contribution in [2.45, 2.75) is 24.5 Å². The van der Waals surface area contributed by atoms with Crippen LogP contribution in [0.3, 0.4) is 0 Å². The van der Waals surface area contributed by atoms with Crippen LogP contribution in [0, 0.1) is 17.8 Å². The summed E-state index contributed by atoms with van der Waals surface area (Å²) in [6.07, 6.45) is 6.93. The van der Waals surface area contributed by atoms with E-state index in [-0.39, 0.29) is 17.6 Å². The minimum absolute atomic E-state index is 0.0644. The summed E-state index contributed by atoms with van der Waals surface area (Å²) in [6.45, 7) is 0.872. The molecule has 24 heavy (non-hydrogen) atoms. The molecule has 1 heterocycles. The van der Waals surface area contributed by atoms with Gasteiger partial charge in [-0.1, -0.05) is 42.5 Å². The monoisotopic (exact) mass is 345 g/mol. The Hall–Kier alpha value is -1.62. The van der Waals surface area contributed by atoms with E-state index in [1.807, 2.05) is 30.3 Å². The van der Waals surface area contributed by atoms with Crippen LogP contribution >= 0.6 is 0 Å². The fraction of sp³-hybridized carbons (Fsp3) is 0.526. The lowest BCUT2D eigenvalue weighted by Crippen LogP contribution is -2.39. The van der Waals surface area contributed by atoms with Crippen LogP contribution in [0.1, 0.15) is 30.1 Å². The summed E-state index contributed by atoms with van der Waals surface area (Å²) < 4.78 is 25.3. The first kappa shape index (κ1) is 15.9. The minimum Gasteiger partial charge on any atom is -0.341 e. The number of fused-ring (bicyclic) bond motifs is 2. The van der Waals surface area contributed by atoms with Crippen LogP contribution in [0.5, 0.6) is 0 Å². The van der Waals surface area contributed by atoms with Gasteiger partial charge in [0.1, 0.15) is 0 Å². The molecule has 1 amide bonds. The molecule has 4 atom stereocenters. The van der Waals surface area contributed by atoms with Crippen LogP contribution in [0.15, 0.2) is 42.5 Å². The molecule has 3 aliphatic rings. The summed E-state index contributed by atoms with van der Waals surface area (Å²) >= 11 is 0. The van der Waals surface area contributed by atoms with Crippen LogP contribution in [0.2, 0.25) is 0 Å². The molecular formula is C19H23NO3S. The number of carbonyl (C=O) groups is 1. The highest BCUT2D eigenvalue weighted by Crippen LogP contribution is 2.44. The quantitative estimate of drug-likeness (QED) is 0.774. The van der Waals surface area contributed by atoms with Gasteiger partial charge in [-0.2, -0.15) is 0 Å². The fourth-order valence-electron chi connectivity index (χ4n) is 4.51. The zero-order valence-electron chi connectivity index (χ0n) is 13.7. The molecule has 0 spiro atoms. The number of hydrogen-bond acceptors (Lipinski definition) is 3. The SMILES string of the molecule is O=C([C@H]1C[C@H]2C=C[C@H]1C2)N1CC[C@@H](c2ccccc2)S(=O)(=O)CC1. The molecule has 1 aromatic rings. The molecule has 2 fully saturated rings. The highest BCUT2D eigenvalue weighted by molar-refractivity contribution is 7.91. The van der Waals surface area contributed by atoms with Gasteiger partial charge in [0.15, 0.2) is 9.84 Å². The van der Waals surface area contributed by atoms with Crippen molar-refractivity contribution in [2.24, 2.45) is 17.8 Å². The Morgan fingerprint density at radius 1 is 1.04 bits per heavy atom. The molecular weight excluding hydrogens is 322 g/mol. The van der Waals surface area contributed by atoms with Gasteiger partial charge in [-0.25, -0.2) is 8.42 Å². The Labute approximate surface area is 143 Å². The van der Waals surface area contributed by atoms with E-state index in [0.717, 1.165) is 18.4 Å². The largest absolute Gasteiger partial charge is 0.341 e. The number of amides is 1. The van der Waals surface area contributed by atoms with Crippen LogP contribution in [0.25, 0.3) is 0 Å². The van der Waals surface area contributed by atoms with E-state index in [1.54, 1.807) is 4.90 Å². The lowest BCUT2D eigenvalue weighted by Gasteiger charge is -2.26. The summed E-state index contributed by atoms with van der Waals surface area (Å²) in [5, 5.41) is -0.489. The zero-order valence-corrected chi connectivity index (χ0v) is 14.5. The predicted octanol–water partition coefficient (Wildman–Crippen LogP) is 2.59. The Bertz CT molecular complexity index is 756. The molecule has 4 nitrogen and oxygen atoms in total. The Morgan fingerprint density at radius 3 is 2.50 bits per heavy atom. The second-order valence-electron chi connectivity index (χ2n) is 7.27. The zero-order chi connectivity index (χ0) is 16.7. The summed E-state index contributed by atoms with van der Waals surface area (Å²) in [6, 6.07) is 9.40. The van der Waals surface area contributed by atoms with E-state index < -0.39 is 15.1 Å². The number of rotatable bonds is 2. The maximum Gasteiger partial charge on any atom is 0.226 e. The molecule has 5 heteroatoms. The Balaban J connectivity index is 1.51. The van der Waals surface area contributed by atoms with E-state index in [1.165, 1.54) is 0 Å². The summed E-state index contributed by atoms with van der Waals surface area (Å²) in [5.74, 6) is 1.21. The van der Waals surface area contributed by atoms with Gasteiger partial charge in [0.2, 0.25) is 5.91 Å². The standard InChI is InChI=1S/C19H23NO3S/c21-19(17-13-14-6-7-16(17)12-14)20-9-8-18(24(22,23)11-10-20)15-4-2-1-3-5-15/h1-7,14,16-18H,8-13H2/t14-,16-,17-,18-/m0/s1. The molecule has 0 radical (unpaired) electrons. The molecule has 0 aromatic heterocycles. The van der Waals surface area contributed by atoms with Crippen LogP contribution in [-0.4, -0.2) is 38.1 Å². The van der Waals surface area contributed by atoms with Crippen molar-refractivity contribution in [3.63, 3.8) is 0 Å². The average Bonchev–Trinajstić information content (AvgIpc) is 3.17. The molecule has 1 aromatic carbocycles. The lowest BCUT2D eigenvalue weighted by atomic mass is 9.92. The van der Waals surface area contributed by atoms with Crippen molar-refractivity contribution in [3.05, 3.63) is 48.0 Å². The summed E-state index contributed by atoms with van der Waals surface area (Å²) in [4.78, 5) is 14.7. The Kier molecular flexibility index (Phi) is 3.99. The van der Waals surface area contributed by atoms with E-state index in [0.29, 0.717) is 31.3 Å². The Morgan fingerprint density at radius 2 is 1.83 bits per heavy atom. The van der Waals surface area contributed by atoms with E-state index in [9.17, 15) is 13.2 Å². The van der Waals surface area contributed by atoms with Gasteiger partial charge < -0.3 is 4.90 Å². The van der Waals surface area contributed by atoms with Crippen molar-refractivity contribution in [1.29, 1.82) is 0 Å². The van der Waals surface area contributed by atoms with Gasteiger partial charge in [-0.05, 0) is 36.7 Å².